The summed E-state index contributed by atoms with van der Waals surface area (Å²) in [5, 5.41) is 13.4. The largest absolute Gasteiger partial charge is 0.378 e. The van der Waals surface area contributed by atoms with E-state index in [4.69, 9.17) is 0 Å². The van der Waals surface area contributed by atoms with Crippen LogP contribution in [0, 0.1) is 5.82 Å². The molecule has 0 spiro atoms. The van der Waals surface area contributed by atoms with E-state index < -0.39 is 17.8 Å². The Morgan fingerprint density at radius 2 is 1.80 bits per heavy atom. The topological polar surface area (TPSA) is 61.7 Å². The average Bonchev–Trinajstić information content (AvgIpc) is 2.49. The molecule has 2 aromatic carbocycles. The van der Waals surface area contributed by atoms with E-state index in [-0.39, 0.29) is 5.56 Å². The van der Waals surface area contributed by atoms with E-state index in [2.05, 4.69) is 10.5 Å². The number of aliphatic hydroxyl groups excluding tert-OH is 1. The zero-order valence-electron chi connectivity index (χ0n) is 10.5. The normalized spacial score (nSPS) is 12.3. The van der Waals surface area contributed by atoms with Gasteiger partial charge in [0, 0.05) is 5.56 Å². The molecule has 2 rings (SSSR count). The first-order chi connectivity index (χ1) is 9.68. The van der Waals surface area contributed by atoms with Gasteiger partial charge in [0.15, 0.2) is 6.10 Å². The lowest BCUT2D eigenvalue weighted by Crippen LogP contribution is -2.25. The van der Waals surface area contributed by atoms with Gasteiger partial charge in [-0.15, -0.1) is 0 Å². The fourth-order valence-electron chi connectivity index (χ4n) is 1.59. The molecule has 0 bridgehead atoms. The molecule has 0 heterocycles. The standard InChI is InChI=1S/C15H13FN2O2/c16-13-9-5-4-8-12(13)10-17-18-15(20)14(19)11-6-2-1-3-7-11/h1-10,14,19H,(H,18,20)/b17-10-/t14-/m0/s1. The zero-order valence-corrected chi connectivity index (χ0v) is 10.5. The van der Waals surface area contributed by atoms with Crippen LogP contribution in [0.25, 0.3) is 0 Å². The monoisotopic (exact) mass is 272 g/mol. The summed E-state index contributed by atoms with van der Waals surface area (Å²) in [7, 11) is 0. The maximum absolute atomic E-state index is 13.3. The van der Waals surface area contributed by atoms with Crippen LogP contribution < -0.4 is 5.43 Å². The van der Waals surface area contributed by atoms with Crippen molar-refractivity contribution in [1.82, 2.24) is 5.43 Å². The molecule has 0 unspecified atom stereocenters. The number of aliphatic hydroxyl groups is 1. The molecule has 0 radical (unpaired) electrons. The number of halogens is 1. The number of amides is 1. The molecule has 102 valence electrons. The summed E-state index contributed by atoms with van der Waals surface area (Å²) in [4.78, 5) is 11.7. The molecule has 1 atom stereocenters. The second-order valence-electron chi connectivity index (χ2n) is 4.07. The van der Waals surface area contributed by atoms with E-state index in [9.17, 15) is 14.3 Å². The molecule has 0 saturated heterocycles. The molecule has 2 aromatic rings. The number of hydrogen-bond donors (Lipinski definition) is 2. The van der Waals surface area contributed by atoms with Gasteiger partial charge >= 0.3 is 0 Å². The summed E-state index contributed by atoms with van der Waals surface area (Å²) in [5.41, 5.74) is 2.89. The van der Waals surface area contributed by atoms with Gasteiger partial charge in [-0.05, 0) is 11.6 Å². The van der Waals surface area contributed by atoms with Gasteiger partial charge in [0.25, 0.3) is 5.91 Å². The predicted octanol–water partition coefficient (Wildman–Crippen LogP) is 2.01. The molecule has 0 aliphatic carbocycles. The first-order valence-electron chi connectivity index (χ1n) is 5.99. The van der Waals surface area contributed by atoms with Crippen LogP contribution >= 0.6 is 0 Å². The van der Waals surface area contributed by atoms with Gasteiger partial charge in [0.05, 0.1) is 6.21 Å². The summed E-state index contributed by atoms with van der Waals surface area (Å²) in [6.45, 7) is 0. The van der Waals surface area contributed by atoms with Crippen LogP contribution in [-0.2, 0) is 4.79 Å². The van der Waals surface area contributed by atoms with Gasteiger partial charge in [-0.3, -0.25) is 4.79 Å². The van der Waals surface area contributed by atoms with Crippen LogP contribution in [0.3, 0.4) is 0 Å². The van der Waals surface area contributed by atoms with Gasteiger partial charge in [0.2, 0.25) is 0 Å². The highest BCUT2D eigenvalue weighted by molar-refractivity contribution is 5.85. The lowest BCUT2D eigenvalue weighted by atomic mass is 10.1. The highest BCUT2D eigenvalue weighted by Crippen LogP contribution is 2.11. The van der Waals surface area contributed by atoms with Crippen molar-refractivity contribution in [2.24, 2.45) is 5.10 Å². The third-order valence-electron chi connectivity index (χ3n) is 2.65. The predicted molar refractivity (Wildman–Crippen MR) is 73.5 cm³/mol. The Morgan fingerprint density at radius 1 is 1.15 bits per heavy atom. The van der Waals surface area contributed by atoms with Crippen molar-refractivity contribution in [3.05, 3.63) is 71.5 Å². The number of rotatable bonds is 4. The quantitative estimate of drug-likeness (QED) is 0.660. The first kappa shape index (κ1) is 13.9. The minimum atomic E-state index is -1.31. The smallest absolute Gasteiger partial charge is 0.273 e. The zero-order chi connectivity index (χ0) is 14.4. The molecule has 0 fully saturated rings. The van der Waals surface area contributed by atoms with Gasteiger partial charge in [-0.1, -0.05) is 48.5 Å². The number of nitrogens with zero attached hydrogens (tertiary/aromatic N) is 1. The highest BCUT2D eigenvalue weighted by atomic mass is 19.1. The lowest BCUT2D eigenvalue weighted by Gasteiger charge is -2.08. The Bertz CT molecular complexity index is 614. The van der Waals surface area contributed by atoms with Crippen molar-refractivity contribution >= 4 is 12.1 Å². The van der Waals surface area contributed by atoms with Crippen molar-refractivity contribution < 1.29 is 14.3 Å². The van der Waals surface area contributed by atoms with Crippen molar-refractivity contribution in [1.29, 1.82) is 0 Å². The second-order valence-corrected chi connectivity index (χ2v) is 4.07. The summed E-state index contributed by atoms with van der Waals surface area (Å²) in [6, 6.07) is 14.5. The van der Waals surface area contributed by atoms with Crippen LogP contribution in [0.15, 0.2) is 59.7 Å². The van der Waals surface area contributed by atoms with E-state index in [1.54, 1.807) is 42.5 Å². The highest BCUT2D eigenvalue weighted by Gasteiger charge is 2.15. The van der Waals surface area contributed by atoms with Crippen LogP contribution in [0.4, 0.5) is 4.39 Å². The van der Waals surface area contributed by atoms with Crippen LogP contribution in [-0.4, -0.2) is 17.2 Å². The van der Waals surface area contributed by atoms with Gasteiger partial charge in [-0.25, -0.2) is 9.82 Å². The van der Waals surface area contributed by atoms with Crippen molar-refractivity contribution in [2.45, 2.75) is 6.10 Å². The van der Waals surface area contributed by atoms with E-state index in [1.165, 1.54) is 18.3 Å². The molecule has 0 saturated carbocycles. The van der Waals surface area contributed by atoms with Crippen LogP contribution in [0.5, 0.6) is 0 Å². The number of hydrogen-bond acceptors (Lipinski definition) is 3. The van der Waals surface area contributed by atoms with E-state index >= 15 is 0 Å². The van der Waals surface area contributed by atoms with Crippen molar-refractivity contribution in [3.8, 4) is 0 Å². The number of nitrogens with one attached hydrogen (secondary N) is 1. The molecule has 0 aliphatic rings. The Labute approximate surface area is 115 Å². The fourth-order valence-corrected chi connectivity index (χ4v) is 1.59. The molecule has 2 N–H and O–H groups in total. The SMILES string of the molecule is O=C(N/N=C\c1ccccc1F)[C@@H](O)c1ccccc1. The number of carbonyl (C=O) groups is 1. The van der Waals surface area contributed by atoms with Crippen molar-refractivity contribution in [2.75, 3.05) is 0 Å². The van der Waals surface area contributed by atoms with Crippen LogP contribution in [0.1, 0.15) is 17.2 Å². The number of hydrazone groups is 1. The van der Waals surface area contributed by atoms with Crippen molar-refractivity contribution in [3.63, 3.8) is 0 Å². The van der Waals surface area contributed by atoms with E-state index in [0.29, 0.717) is 5.56 Å². The van der Waals surface area contributed by atoms with Gasteiger partial charge in [0.1, 0.15) is 5.82 Å². The molecular weight excluding hydrogens is 259 g/mol. The van der Waals surface area contributed by atoms with Gasteiger partial charge < -0.3 is 5.11 Å². The fraction of sp³-hybridized carbons (Fsp3) is 0.0667. The van der Waals surface area contributed by atoms with E-state index in [0.717, 1.165) is 0 Å². The third-order valence-corrected chi connectivity index (χ3v) is 2.65. The number of benzene rings is 2. The Hall–Kier alpha value is -2.53. The minimum Gasteiger partial charge on any atom is -0.378 e. The molecule has 20 heavy (non-hydrogen) atoms. The summed E-state index contributed by atoms with van der Waals surface area (Å²) in [5.74, 6) is -1.11. The lowest BCUT2D eigenvalue weighted by molar-refractivity contribution is -0.129. The van der Waals surface area contributed by atoms with Gasteiger partial charge in [-0.2, -0.15) is 5.10 Å². The maximum atomic E-state index is 13.3. The first-order valence-corrected chi connectivity index (χ1v) is 5.99. The third kappa shape index (κ3) is 3.49. The molecule has 0 aliphatic heterocycles. The molecular formula is C15H13FN2O2. The Balaban J connectivity index is 1.97. The molecule has 1 amide bonds. The summed E-state index contributed by atoms with van der Waals surface area (Å²) < 4.78 is 13.3. The van der Waals surface area contributed by atoms with E-state index in [1.807, 2.05) is 0 Å². The maximum Gasteiger partial charge on any atom is 0.273 e. The minimum absolute atomic E-state index is 0.252. The number of carbonyl (C=O) groups excluding carboxylic acids is 1. The molecule has 5 heteroatoms. The summed E-state index contributed by atoms with van der Waals surface area (Å²) in [6.07, 6.45) is -0.126. The Morgan fingerprint density at radius 3 is 2.50 bits per heavy atom. The van der Waals surface area contributed by atoms with Crippen LogP contribution in [0.2, 0.25) is 0 Å². The summed E-state index contributed by atoms with van der Waals surface area (Å²) >= 11 is 0. The average molecular weight is 272 g/mol. The second kappa shape index (κ2) is 6.58. The Kier molecular flexibility index (Phi) is 4.57. The molecule has 4 nitrogen and oxygen atoms in total. The molecule has 0 aromatic heterocycles.